The van der Waals surface area contributed by atoms with E-state index in [0.29, 0.717) is 12.0 Å². The van der Waals surface area contributed by atoms with Gasteiger partial charge in [-0.1, -0.05) is 62.4 Å². The smallest absolute Gasteiger partial charge is 0.346 e. The number of nitrogens with zero attached hydrogens (tertiary/aromatic N) is 2. The van der Waals surface area contributed by atoms with Crippen molar-refractivity contribution in [3.05, 3.63) is 98.2 Å². The second-order valence-electron chi connectivity index (χ2n) is 15.4. The molecule has 0 spiro atoms. The molecule has 0 bridgehead atoms. The Hall–Kier alpha value is -3.51. The summed E-state index contributed by atoms with van der Waals surface area (Å²) in [5.74, 6) is -0.340. The highest BCUT2D eigenvalue weighted by Gasteiger charge is 2.57. The number of benzene rings is 2. The Morgan fingerprint density at radius 1 is 0.963 bits per heavy atom. The van der Waals surface area contributed by atoms with E-state index in [1.165, 1.54) is 88.0 Å². The molecule has 12 heteroatoms. The minimum atomic E-state index is -1.20. The molecular formula is C42H46N6O3S3. The van der Waals surface area contributed by atoms with Crippen LogP contribution in [0, 0.1) is 18.3 Å². The molecule has 8 atom stereocenters. The van der Waals surface area contributed by atoms with E-state index in [9.17, 15) is 15.2 Å². The van der Waals surface area contributed by atoms with Crippen molar-refractivity contribution in [2.75, 3.05) is 4.90 Å². The summed E-state index contributed by atoms with van der Waals surface area (Å²) in [5.41, 5.74) is 14.7. The van der Waals surface area contributed by atoms with Gasteiger partial charge in [-0.15, -0.1) is 22.7 Å². The molecule has 5 aliphatic rings. The SMILES string of the molecule is CCCCCCc1cc(C2C3NONC3C(c3ccc4c(c3)C3CCCC3N4c3ccc(C)cc3)C3NSNC32)sc1-c1ccc(/C=C(\C#N)C(=O)O)s1. The fourth-order valence-electron chi connectivity index (χ4n) is 9.75. The molecule has 3 aliphatic heterocycles. The zero-order valence-electron chi connectivity index (χ0n) is 30.5. The fourth-order valence-corrected chi connectivity index (χ4v) is 13.2. The third-order valence-corrected chi connectivity index (χ3v) is 15.5. The summed E-state index contributed by atoms with van der Waals surface area (Å²) in [6, 6.07) is 25.5. The number of carbonyl (C=O) groups is 1. The molecule has 8 unspecified atom stereocenters. The highest BCUT2D eigenvalue weighted by molar-refractivity contribution is 7.95. The van der Waals surface area contributed by atoms with Gasteiger partial charge in [0.05, 0.1) is 12.1 Å². The molecule has 2 aromatic carbocycles. The van der Waals surface area contributed by atoms with Crippen LogP contribution in [0.5, 0.6) is 0 Å². The number of thiophene rings is 2. The van der Waals surface area contributed by atoms with Crippen LogP contribution < -0.4 is 25.3 Å². The van der Waals surface area contributed by atoms with Gasteiger partial charge in [-0.2, -0.15) is 16.2 Å². The first-order valence-corrected chi connectivity index (χ1v) is 21.8. The van der Waals surface area contributed by atoms with Crippen molar-refractivity contribution in [3.63, 3.8) is 0 Å². The van der Waals surface area contributed by atoms with Crippen LogP contribution in [-0.4, -0.2) is 41.3 Å². The lowest BCUT2D eigenvalue weighted by molar-refractivity contribution is -0.132. The Labute approximate surface area is 329 Å². The van der Waals surface area contributed by atoms with E-state index in [-0.39, 0.29) is 41.6 Å². The van der Waals surface area contributed by atoms with Crippen LogP contribution in [-0.2, 0) is 16.2 Å². The number of hydroxylamine groups is 2. The quantitative estimate of drug-likeness (QED) is 0.0437. The Morgan fingerprint density at radius 2 is 1.76 bits per heavy atom. The fraction of sp³-hybridized carbons (Fsp3) is 0.429. The van der Waals surface area contributed by atoms with Gasteiger partial charge in [0.2, 0.25) is 0 Å². The molecule has 0 radical (unpaired) electrons. The number of fused-ring (bicyclic) bond motifs is 5. The van der Waals surface area contributed by atoms with Crippen molar-refractivity contribution in [2.24, 2.45) is 0 Å². The first kappa shape index (κ1) is 36.1. The molecule has 9 nitrogen and oxygen atoms in total. The first-order chi connectivity index (χ1) is 26.4. The van der Waals surface area contributed by atoms with Gasteiger partial charge < -0.3 is 10.0 Å². The maximum atomic E-state index is 11.6. The summed E-state index contributed by atoms with van der Waals surface area (Å²) < 4.78 is 7.61. The summed E-state index contributed by atoms with van der Waals surface area (Å²) >= 11 is 5.01. The largest absolute Gasteiger partial charge is 0.477 e. The Bertz CT molecular complexity index is 2080. The van der Waals surface area contributed by atoms with Crippen molar-refractivity contribution in [3.8, 4) is 15.8 Å². The average Bonchev–Trinajstić information content (AvgIpc) is 4.03. The Kier molecular flexibility index (Phi) is 10.2. The van der Waals surface area contributed by atoms with Gasteiger partial charge in [0.1, 0.15) is 11.6 Å². The lowest BCUT2D eigenvalue weighted by Gasteiger charge is -2.44. The summed E-state index contributed by atoms with van der Waals surface area (Å²) in [4.78, 5) is 24.6. The molecule has 2 aliphatic carbocycles. The van der Waals surface area contributed by atoms with E-state index < -0.39 is 5.97 Å². The van der Waals surface area contributed by atoms with Crippen molar-refractivity contribution in [1.29, 1.82) is 5.26 Å². The van der Waals surface area contributed by atoms with Crippen LogP contribution in [0.25, 0.3) is 15.8 Å². The van der Waals surface area contributed by atoms with Crippen molar-refractivity contribution in [1.82, 2.24) is 20.4 Å². The monoisotopic (exact) mass is 778 g/mol. The first-order valence-electron chi connectivity index (χ1n) is 19.3. The number of hydrogen-bond donors (Lipinski definition) is 5. The van der Waals surface area contributed by atoms with Crippen molar-refractivity contribution in [2.45, 2.75) is 113 Å². The summed E-state index contributed by atoms with van der Waals surface area (Å²) in [5, 5.41) is 18.8. The highest BCUT2D eigenvalue weighted by atomic mass is 32.2. The van der Waals surface area contributed by atoms with E-state index in [2.05, 4.69) is 93.7 Å². The Balaban J connectivity index is 1.05. The van der Waals surface area contributed by atoms with Gasteiger partial charge in [-0.3, -0.25) is 0 Å². The number of hydrogen-bond acceptors (Lipinski definition) is 11. The van der Waals surface area contributed by atoms with E-state index in [1.54, 1.807) is 23.5 Å². The van der Waals surface area contributed by atoms with Gasteiger partial charge >= 0.3 is 5.97 Å². The van der Waals surface area contributed by atoms with Crippen molar-refractivity contribution < 1.29 is 14.8 Å². The Morgan fingerprint density at radius 3 is 2.54 bits per heavy atom. The lowest BCUT2D eigenvalue weighted by atomic mass is 9.66. The normalized spacial score (nSPS) is 28.5. The maximum absolute atomic E-state index is 11.6. The molecule has 4 fully saturated rings. The number of anilines is 2. The van der Waals surface area contributed by atoms with Crippen LogP contribution in [0.3, 0.4) is 0 Å². The molecule has 9 rings (SSSR count). The van der Waals surface area contributed by atoms with Gasteiger partial charge in [0.25, 0.3) is 0 Å². The highest BCUT2D eigenvalue weighted by Crippen LogP contribution is 2.55. The zero-order chi connectivity index (χ0) is 36.9. The second-order valence-corrected chi connectivity index (χ2v) is 18.3. The predicted molar refractivity (Wildman–Crippen MR) is 219 cm³/mol. The molecule has 280 valence electrons. The van der Waals surface area contributed by atoms with Crippen LogP contribution in [0.2, 0.25) is 0 Å². The van der Waals surface area contributed by atoms with E-state index in [1.807, 2.05) is 23.5 Å². The number of nitrogens with one attached hydrogen (secondary N) is 4. The molecule has 4 aromatic rings. The number of rotatable bonds is 11. The van der Waals surface area contributed by atoms with E-state index in [0.717, 1.165) is 22.6 Å². The molecule has 5 heterocycles. The minimum Gasteiger partial charge on any atom is -0.477 e. The molecule has 54 heavy (non-hydrogen) atoms. The zero-order valence-corrected chi connectivity index (χ0v) is 33.0. The van der Waals surface area contributed by atoms with Gasteiger partial charge in [0.15, 0.2) is 0 Å². The molecule has 0 amide bonds. The predicted octanol–water partition coefficient (Wildman–Crippen LogP) is 8.84. The van der Waals surface area contributed by atoms with Gasteiger partial charge in [-0.25, -0.2) is 19.2 Å². The second kappa shape index (κ2) is 15.2. The third-order valence-electron chi connectivity index (χ3n) is 12.3. The van der Waals surface area contributed by atoms with Crippen molar-refractivity contribution >= 4 is 58.2 Å². The molecule has 5 N–H and O–H groups in total. The number of carboxylic acid groups (broad SMARTS) is 1. The van der Waals surface area contributed by atoms with Gasteiger partial charge in [0, 0.05) is 78.9 Å². The standard InChI is InChI=1S/C42H46N6O3S3/c1-3-4-5-6-8-25-21-34(53-41(25)33-18-16-28(52-33)19-26(22-43)42(49)50)36-38-37(44-51-45-38)35(39-40(36)47-54-46-39)24-13-17-32-30(20-24)29-9-7-10-31(29)48(32)27-14-11-23(2)12-15-27/h11-21,29,31,35-40,44-47H,3-10H2,1-2H3,(H,49,50)/b26-19+. The summed E-state index contributed by atoms with van der Waals surface area (Å²) in [7, 11) is 0. The van der Waals surface area contributed by atoms with Gasteiger partial charge in [-0.05, 0) is 91.8 Å². The van der Waals surface area contributed by atoms with E-state index >= 15 is 0 Å². The lowest BCUT2D eigenvalue weighted by Crippen LogP contribution is -2.61. The molecule has 2 saturated heterocycles. The van der Waals surface area contributed by atoms with Crippen LogP contribution in [0.4, 0.5) is 11.4 Å². The number of aliphatic carboxylic acids is 1. The summed E-state index contributed by atoms with van der Waals surface area (Å²) in [6.45, 7) is 4.40. The molecule has 2 saturated carbocycles. The number of nitriles is 1. The van der Waals surface area contributed by atoms with Crippen LogP contribution in [0.15, 0.2) is 66.2 Å². The van der Waals surface area contributed by atoms with Crippen LogP contribution >= 0.6 is 34.8 Å². The molecular weight excluding hydrogens is 733 g/mol. The number of aryl methyl sites for hydroxylation is 2. The number of unbranched alkanes of at least 4 members (excludes halogenated alkanes) is 3. The topological polar surface area (TPSA) is 122 Å². The average molecular weight is 779 g/mol. The molecule has 2 aromatic heterocycles. The summed E-state index contributed by atoms with van der Waals surface area (Å²) in [6.07, 6.45) is 10.9. The number of carboxylic acids is 1. The maximum Gasteiger partial charge on any atom is 0.346 e. The minimum absolute atomic E-state index is 0.0378. The van der Waals surface area contributed by atoms with Crippen LogP contribution in [0.1, 0.15) is 102 Å². The third kappa shape index (κ3) is 6.42. The van der Waals surface area contributed by atoms with E-state index in [4.69, 9.17) is 4.94 Å².